The van der Waals surface area contributed by atoms with Crippen molar-refractivity contribution in [2.45, 2.75) is 56.8 Å². The molecule has 15 rings (SSSR count). The number of hydrogen-bond acceptors (Lipinski definition) is 1. The molecule has 328 valence electrons. The Morgan fingerprint density at radius 1 is 0.324 bits per heavy atom. The Bertz CT molecular complexity index is 3400. The molecule has 1 spiro atoms. The molecule has 0 amide bonds. The highest BCUT2D eigenvalue weighted by atomic mass is 15.1. The lowest BCUT2D eigenvalue weighted by Crippen LogP contribution is -2.55. The van der Waals surface area contributed by atoms with Gasteiger partial charge in [-0.1, -0.05) is 190 Å². The highest BCUT2D eigenvalue weighted by Gasteiger charge is 2.61. The molecule has 9 aromatic rings. The van der Waals surface area contributed by atoms with E-state index < -0.39 is 0 Å². The highest BCUT2D eigenvalue weighted by Crippen LogP contribution is 2.69. The van der Waals surface area contributed by atoms with Crippen molar-refractivity contribution < 1.29 is 0 Å². The summed E-state index contributed by atoms with van der Waals surface area (Å²) in [6.45, 7) is 4.79. The molecule has 0 aliphatic heterocycles. The number of anilines is 3. The van der Waals surface area contributed by atoms with Crippen LogP contribution in [0.4, 0.5) is 17.1 Å². The van der Waals surface area contributed by atoms with Crippen molar-refractivity contribution in [1.29, 1.82) is 0 Å². The molecular weight excluding hydrogens is 819 g/mol. The number of hydrogen-bond donors (Lipinski definition) is 0. The van der Waals surface area contributed by atoms with E-state index in [2.05, 4.69) is 231 Å². The van der Waals surface area contributed by atoms with E-state index in [1.165, 1.54) is 116 Å². The maximum absolute atomic E-state index is 2.64. The minimum atomic E-state index is -0.110. The molecule has 68 heavy (non-hydrogen) atoms. The van der Waals surface area contributed by atoms with Crippen LogP contribution in [-0.2, 0) is 10.8 Å². The monoisotopic (exact) mass is 873 g/mol. The zero-order chi connectivity index (χ0) is 45.1. The van der Waals surface area contributed by atoms with Crippen LogP contribution in [-0.4, -0.2) is 0 Å². The minimum absolute atomic E-state index is 0.0779. The third-order valence-corrected chi connectivity index (χ3v) is 17.5. The van der Waals surface area contributed by atoms with Crippen molar-refractivity contribution in [3.05, 3.63) is 235 Å². The van der Waals surface area contributed by atoms with Crippen LogP contribution in [0.15, 0.2) is 212 Å². The molecule has 4 fully saturated rings. The first-order chi connectivity index (χ1) is 33.4. The summed E-state index contributed by atoms with van der Waals surface area (Å²) >= 11 is 0. The van der Waals surface area contributed by atoms with E-state index in [1.54, 1.807) is 11.1 Å². The second-order valence-corrected chi connectivity index (χ2v) is 21.2. The summed E-state index contributed by atoms with van der Waals surface area (Å²) in [4.78, 5) is 2.55. The fourth-order valence-electron chi connectivity index (χ4n) is 15.0. The summed E-state index contributed by atoms with van der Waals surface area (Å²) in [6, 6.07) is 80.4. The molecule has 6 aliphatic rings. The molecule has 1 nitrogen and oxygen atoms in total. The average Bonchev–Trinajstić information content (AvgIpc) is 3.81. The van der Waals surface area contributed by atoms with E-state index in [0.29, 0.717) is 11.8 Å². The number of nitrogens with zero attached hydrogens (tertiary/aromatic N) is 1. The van der Waals surface area contributed by atoms with E-state index in [9.17, 15) is 0 Å². The number of rotatable bonds is 7. The molecule has 9 aromatic carbocycles. The van der Waals surface area contributed by atoms with Gasteiger partial charge in [0.1, 0.15) is 0 Å². The molecule has 0 heterocycles. The predicted molar refractivity (Wildman–Crippen MR) is 284 cm³/mol. The molecular formula is C67H55N. The van der Waals surface area contributed by atoms with E-state index in [0.717, 1.165) is 23.2 Å². The van der Waals surface area contributed by atoms with E-state index in [1.807, 2.05) is 0 Å². The van der Waals surface area contributed by atoms with Gasteiger partial charge in [-0.05, 0) is 181 Å². The Morgan fingerprint density at radius 2 is 0.765 bits per heavy atom. The van der Waals surface area contributed by atoms with Gasteiger partial charge in [-0.3, -0.25) is 0 Å². The van der Waals surface area contributed by atoms with Crippen LogP contribution in [0.3, 0.4) is 0 Å². The van der Waals surface area contributed by atoms with E-state index in [4.69, 9.17) is 0 Å². The molecule has 0 atom stereocenters. The average molecular weight is 874 g/mol. The minimum Gasteiger partial charge on any atom is -0.310 e. The van der Waals surface area contributed by atoms with Crippen molar-refractivity contribution in [2.75, 3.05) is 4.90 Å². The van der Waals surface area contributed by atoms with Gasteiger partial charge in [0, 0.05) is 27.9 Å². The quantitative estimate of drug-likeness (QED) is 0.154. The Labute approximate surface area is 401 Å². The third-order valence-electron chi connectivity index (χ3n) is 17.5. The summed E-state index contributed by atoms with van der Waals surface area (Å²) < 4.78 is 0. The van der Waals surface area contributed by atoms with Gasteiger partial charge in [-0.25, -0.2) is 0 Å². The molecule has 0 radical (unpaired) electrons. The number of fused-ring (bicyclic) bond motifs is 6. The Hall–Kier alpha value is -7.22. The maximum Gasteiger partial charge on any atom is 0.0468 e. The van der Waals surface area contributed by atoms with Gasteiger partial charge < -0.3 is 4.90 Å². The lowest BCUT2D eigenvalue weighted by Gasteiger charge is -2.61. The topological polar surface area (TPSA) is 3.24 Å². The summed E-state index contributed by atoms with van der Waals surface area (Å²) in [5, 5.41) is 0. The lowest BCUT2D eigenvalue weighted by molar-refractivity contribution is -0.0399. The van der Waals surface area contributed by atoms with E-state index >= 15 is 0 Å². The van der Waals surface area contributed by atoms with Gasteiger partial charge in [-0.15, -0.1) is 0 Å². The largest absolute Gasteiger partial charge is 0.310 e. The molecule has 0 saturated heterocycles. The molecule has 4 saturated carbocycles. The molecule has 6 aliphatic carbocycles. The van der Waals surface area contributed by atoms with Crippen LogP contribution < -0.4 is 4.90 Å². The zero-order valence-electron chi connectivity index (χ0n) is 39.0. The van der Waals surface area contributed by atoms with Gasteiger partial charge in [-0.2, -0.15) is 0 Å². The smallest absolute Gasteiger partial charge is 0.0468 e. The van der Waals surface area contributed by atoms with Crippen molar-refractivity contribution in [3.8, 4) is 66.8 Å². The predicted octanol–water partition coefficient (Wildman–Crippen LogP) is 17.9. The number of benzene rings is 9. The Balaban J connectivity index is 0.937. The molecule has 1 heteroatoms. The fourth-order valence-corrected chi connectivity index (χ4v) is 15.0. The van der Waals surface area contributed by atoms with Crippen LogP contribution in [0, 0.1) is 23.7 Å². The first-order valence-corrected chi connectivity index (χ1v) is 25.2. The molecule has 0 aromatic heterocycles. The highest BCUT2D eigenvalue weighted by molar-refractivity contribution is 5.94. The summed E-state index contributed by atoms with van der Waals surface area (Å²) in [6.07, 6.45) is 6.93. The van der Waals surface area contributed by atoms with Gasteiger partial charge in [0.15, 0.2) is 0 Å². The Kier molecular flexibility index (Phi) is 8.89. The molecule has 0 N–H and O–H groups in total. The Morgan fingerprint density at radius 3 is 1.43 bits per heavy atom. The van der Waals surface area contributed by atoms with Crippen LogP contribution in [0.2, 0.25) is 0 Å². The summed E-state index contributed by atoms with van der Waals surface area (Å²) in [5.74, 6) is 3.19. The first-order valence-electron chi connectivity index (χ1n) is 25.2. The lowest BCUT2D eigenvalue weighted by atomic mass is 9.43. The SMILES string of the molecule is CC1(C)c2ccccc2-c2cccc(-c3ccccc3-c3ccc(N(c4ccc(-c5ccccc5)c(-c5ccccc5)c4)c4ccc5c(c4)C4(c6ccccc6-5)C5CC6CC(C5)CC4C6)cc3)c21. The third kappa shape index (κ3) is 5.81. The first kappa shape index (κ1) is 39.9. The second-order valence-electron chi connectivity index (χ2n) is 21.2. The van der Waals surface area contributed by atoms with Crippen LogP contribution in [0.25, 0.3) is 66.8 Å². The summed E-state index contributed by atoms with van der Waals surface area (Å²) in [7, 11) is 0. The van der Waals surface area contributed by atoms with Crippen molar-refractivity contribution in [2.24, 2.45) is 23.7 Å². The van der Waals surface area contributed by atoms with Crippen molar-refractivity contribution in [3.63, 3.8) is 0 Å². The van der Waals surface area contributed by atoms with Gasteiger partial charge in [0.05, 0.1) is 0 Å². The standard InChI is InChI=1S/C67H55N/c1-66(2)62-26-13-11-23-57(62)60-25-15-24-59(65(60)66)55-21-10-9-20-53(55)47-28-30-50(31-29-47)68(51-32-34-54(45-16-5-3-6-17-45)61(41-51)46-18-7-4-8-19-46)52-33-35-58-56-22-12-14-27-63(56)67(64(58)42-52)48-37-43-36-44(39-48)40-49(67)38-43/h3-35,41-44,48-49H,36-40H2,1-2H3. The van der Waals surface area contributed by atoms with E-state index in [-0.39, 0.29) is 10.8 Å². The molecule has 4 bridgehead atoms. The fraction of sp³-hybridized carbons (Fsp3) is 0.194. The van der Waals surface area contributed by atoms with Gasteiger partial charge in [0.2, 0.25) is 0 Å². The second kappa shape index (κ2) is 15.1. The van der Waals surface area contributed by atoms with Crippen LogP contribution in [0.5, 0.6) is 0 Å². The van der Waals surface area contributed by atoms with Crippen molar-refractivity contribution in [1.82, 2.24) is 0 Å². The normalized spacial score (nSPS) is 21.9. The van der Waals surface area contributed by atoms with Gasteiger partial charge >= 0.3 is 0 Å². The molecule has 0 unspecified atom stereocenters. The van der Waals surface area contributed by atoms with Crippen LogP contribution in [0.1, 0.15) is 68.2 Å². The zero-order valence-corrected chi connectivity index (χ0v) is 39.0. The van der Waals surface area contributed by atoms with Gasteiger partial charge in [0.25, 0.3) is 0 Å². The summed E-state index contributed by atoms with van der Waals surface area (Å²) in [5.41, 5.74) is 25.1. The maximum atomic E-state index is 2.64. The van der Waals surface area contributed by atoms with Crippen LogP contribution >= 0.6 is 0 Å². The van der Waals surface area contributed by atoms with Crippen molar-refractivity contribution >= 4 is 17.1 Å².